The summed E-state index contributed by atoms with van der Waals surface area (Å²) >= 11 is 3.67. The second-order valence-electron chi connectivity index (χ2n) is 10.2. The van der Waals surface area contributed by atoms with Gasteiger partial charge in [0.1, 0.15) is 17.4 Å². The second-order valence-corrected chi connectivity index (χ2v) is 11.3. The highest BCUT2D eigenvalue weighted by atomic mass is 79.9. The van der Waals surface area contributed by atoms with Crippen molar-refractivity contribution in [1.82, 2.24) is 4.90 Å². The molecule has 2 amide bonds. The molecule has 0 aliphatic carbocycles. The minimum Gasteiger partial charge on any atom is -0.497 e. The van der Waals surface area contributed by atoms with Gasteiger partial charge in [0.05, 0.1) is 31.7 Å². The van der Waals surface area contributed by atoms with E-state index in [0.29, 0.717) is 50.1 Å². The van der Waals surface area contributed by atoms with Crippen LogP contribution < -0.4 is 9.64 Å². The van der Waals surface area contributed by atoms with Gasteiger partial charge in [-0.1, -0.05) is 28.1 Å². The number of anilines is 1. The summed E-state index contributed by atoms with van der Waals surface area (Å²) in [5, 5.41) is 9.23. The highest BCUT2D eigenvalue weighted by Crippen LogP contribution is 2.60. The molecule has 9 nitrogen and oxygen atoms in total. The van der Waals surface area contributed by atoms with Gasteiger partial charge in [0, 0.05) is 30.2 Å². The number of ether oxygens (including phenoxy) is 3. The van der Waals surface area contributed by atoms with E-state index in [1.165, 1.54) is 0 Å². The molecule has 4 rings (SSSR count). The van der Waals surface area contributed by atoms with Crippen molar-refractivity contribution in [2.75, 3.05) is 38.3 Å². The molecule has 6 atom stereocenters. The third kappa shape index (κ3) is 5.38. The van der Waals surface area contributed by atoms with Gasteiger partial charge in [-0.3, -0.25) is 14.4 Å². The molecule has 1 N–H and O–H groups in total. The first-order valence-corrected chi connectivity index (χ1v) is 14.3. The number of rotatable bonds is 14. The maximum atomic E-state index is 14.4. The van der Waals surface area contributed by atoms with Gasteiger partial charge >= 0.3 is 5.97 Å². The summed E-state index contributed by atoms with van der Waals surface area (Å²) in [5.74, 6) is -2.02. The van der Waals surface area contributed by atoms with Gasteiger partial charge in [0.25, 0.3) is 5.91 Å². The Kier molecular flexibility index (Phi) is 9.51. The third-order valence-corrected chi connectivity index (χ3v) is 8.73. The number of nitrogens with zero attached hydrogens (tertiary/aromatic N) is 2. The van der Waals surface area contributed by atoms with Crippen molar-refractivity contribution in [2.24, 2.45) is 11.8 Å². The van der Waals surface area contributed by atoms with Crippen LogP contribution in [-0.2, 0) is 23.9 Å². The summed E-state index contributed by atoms with van der Waals surface area (Å²) in [6, 6.07) is 6.19. The number of carbonyl (C=O) groups is 3. The van der Waals surface area contributed by atoms with Gasteiger partial charge in [-0.15, -0.1) is 13.2 Å². The van der Waals surface area contributed by atoms with E-state index in [9.17, 15) is 19.5 Å². The normalized spacial score (nSPS) is 28.7. The van der Waals surface area contributed by atoms with Crippen LogP contribution >= 0.6 is 15.9 Å². The van der Waals surface area contributed by atoms with Crippen LogP contribution in [0.5, 0.6) is 5.75 Å². The van der Waals surface area contributed by atoms with Crippen molar-refractivity contribution in [1.29, 1.82) is 0 Å². The maximum Gasteiger partial charge on any atom is 0.312 e. The summed E-state index contributed by atoms with van der Waals surface area (Å²) in [5.41, 5.74) is -0.533. The number of unbranched alkanes of at least 4 members (excludes halogenated alkanes) is 2. The van der Waals surface area contributed by atoms with Gasteiger partial charge in [0.15, 0.2) is 0 Å². The highest BCUT2D eigenvalue weighted by Gasteiger charge is 2.77. The van der Waals surface area contributed by atoms with Gasteiger partial charge in [-0.25, -0.2) is 0 Å². The average molecular weight is 606 g/mol. The van der Waals surface area contributed by atoms with E-state index in [1.807, 2.05) is 0 Å². The Morgan fingerprint density at radius 3 is 2.62 bits per heavy atom. The number of benzene rings is 1. The number of amides is 2. The first-order valence-electron chi connectivity index (χ1n) is 13.4. The number of fused-ring (bicyclic) bond motifs is 1. The third-order valence-electron chi connectivity index (χ3n) is 7.88. The predicted molar refractivity (Wildman–Crippen MR) is 150 cm³/mol. The number of halogens is 1. The van der Waals surface area contributed by atoms with E-state index in [2.05, 4.69) is 29.1 Å². The fourth-order valence-corrected chi connectivity index (χ4v) is 7.13. The summed E-state index contributed by atoms with van der Waals surface area (Å²) in [7, 11) is 1.57. The summed E-state index contributed by atoms with van der Waals surface area (Å²) in [4.78, 5) is 44.7. The molecule has 3 fully saturated rings. The number of methoxy groups -OCH3 is 1. The Balaban J connectivity index is 1.72. The lowest BCUT2D eigenvalue weighted by Gasteiger charge is -2.37. The molecule has 10 heteroatoms. The van der Waals surface area contributed by atoms with E-state index in [4.69, 9.17) is 14.2 Å². The Labute approximate surface area is 237 Å². The van der Waals surface area contributed by atoms with Crippen LogP contribution in [0.3, 0.4) is 0 Å². The Hall–Kier alpha value is -2.69. The van der Waals surface area contributed by atoms with Crippen LogP contribution in [0.1, 0.15) is 32.1 Å². The van der Waals surface area contributed by atoms with Crippen molar-refractivity contribution < 1.29 is 33.7 Å². The predicted octanol–water partition coefficient (Wildman–Crippen LogP) is 3.24. The molecule has 3 unspecified atom stereocenters. The lowest BCUT2D eigenvalue weighted by molar-refractivity contribution is -0.154. The molecule has 0 radical (unpaired) electrons. The monoisotopic (exact) mass is 604 g/mol. The molecule has 0 aromatic heterocycles. The first-order chi connectivity index (χ1) is 18.8. The zero-order valence-electron chi connectivity index (χ0n) is 22.3. The van der Waals surface area contributed by atoms with Crippen LogP contribution in [0.15, 0.2) is 49.6 Å². The fraction of sp³-hybridized carbons (Fsp3) is 0.552. The molecular formula is C29H37BrN2O7. The molecule has 1 aromatic rings. The second kappa shape index (κ2) is 12.7. The number of hydrogen-bond donors (Lipinski definition) is 1. The van der Waals surface area contributed by atoms with E-state index >= 15 is 0 Å². The first kappa shape index (κ1) is 29.3. The average Bonchev–Trinajstić information content (AvgIpc) is 3.53. The van der Waals surface area contributed by atoms with Gasteiger partial charge in [-0.2, -0.15) is 0 Å². The molecule has 3 aliphatic rings. The molecule has 39 heavy (non-hydrogen) atoms. The molecule has 2 bridgehead atoms. The number of esters is 1. The number of aliphatic hydroxyl groups excluding tert-OH is 1. The molecule has 0 saturated carbocycles. The van der Waals surface area contributed by atoms with Crippen LogP contribution in [0.25, 0.3) is 0 Å². The molecule has 3 saturated heterocycles. The van der Waals surface area contributed by atoms with Crippen LogP contribution in [0.4, 0.5) is 5.69 Å². The summed E-state index contributed by atoms with van der Waals surface area (Å²) in [6.45, 7) is 8.27. The maximum absolute atomic E-state index is 14.4. The number of likely N-dealkylation sites (tertiary alicyclic amines) is 1. The van der Waals surface area contributed by atoms with E-state index in [0.717, 1.165) is 0 Å². The Morgan fingerprint density at radius 1 is 1.23 bits per heavy atom. The van der Waals surface area contributed by atoms with Crippen molar-refractivity contribution in [2.45, 2.75) is 54.7 Å². The minimum absolute atomic E-state index is 0.0577. The van der Waals surface area contributed by atoms with Crippen molar-refractivity contribution in [3.8, 4) is 5.75 Å². The van der Waals surface area contributed by atoms with Gasteiger partial charge < -0.3 is 29.1 Å². The van der Waals surface area contributed by atoms with E-state index < -0.39 is 35.6 Å². The Bertz CT molecular complexity index is 1080. The largest absolute Gasteiger partial charge is 0.497 e. The number of hydrogen-bond acceptors (Lipinski definition) is 7. The minimum atomic E-state index is -1.17. The number of carbonyl (C=O) groups excluding carboxylic acids is 3. The van der Waals surface area contributed by atoms with Crippen molar-refractivity contribution in [3.63, 3.8) is 0 Å². The molecule has 1 spiro atoms. The van der Waals surface area contributed by atoms with E-state index in [1.54, 1.807) is 53.3 Å². The molecule has 3 aliphatic heterocycles. The van der Waals surface area contributed by atoms with Crippen LogP contribution in [-0.4, -0.2) is 83.8 Å². The van der Waals surface area contributed by atoms with Crippen LogP contribution in [0, 0.1) is 11.8 Å². The molecule has 212 valence electrons. The molecule has 1 aromatic carbocycles. The standard InChI is InChI=1S/C29H37BrN2O7/c1-4-6-17-38-28(36)22-23-26(34)32(15-8-7-9-16-33)25(29(23)18-21(30)24(22)39-29)27(35)31(14-5-2)19-10-12-20(37-3)13-11-19/h4-5,10-13,21-25,33H,1-2,6-9,14-18H2,3H3/t21?,22-,23-,24-,25?,29?/m0/s1. The lowest BCUT2D eigenvalue weighted by atomic mass is 9.70. The van der Waals surface area contributed by atoms with Gasteiger partial charge in [0.2, 0.25) is 5.91 Å². The number of alkyl halides is 1. The summed E-state index contributed by atoms with van der Waals surface area (Å²) < 4.78 is 17.3. The zero-order chi connectivity index (χ0) is 28.2. The van der Waals surface area contributed by atoms with Crippen LogP contribution in [0.2, 0.25) is 0 Å². The lowest BCUT2D eigenvalue weighted by Crippen LogP contribution is -2.57. The quantitative estimate of drug-likeness (QED) is 0.150. The SMILES string of the molecule is C=CCCOC(=O)[C@H]1[C@H]2C(=O)N(CCCCCO)C(C(=O)N(CC=C)c3ccc(OC)cc3)C23CC(Br)[C@@H]1O3. The fourth-order valence-electron chi connectivity index (χ4n) is 6.19. The van der Waals surface area contributed by atoms with Crippen molar-refractivity contribution >= 4 is 39.4 Å². The highest BCUT2D eigenvalue weighted by molar-refractivity contribution is 9.09. The van der Waals surface area contributed by atoms with E-state index in [-0.39, 0.29) is 36.4 Å². The molecule has 3 heterocycles. The van der Waals surface area contributed by atoms with Crippen molar-refractivity contribution in [3.05, 3.63) is 49.6 Å². The Morgan fingerprint density at radius 2 is 1.97 bits per heavy atom. The smallest absolute Gasteiger partial charge is 0.312 e. The molecular weight excluding hydrogens is 568 g/mol. The number of aliphatic hydroxyl groups is 1. The van der Waals surface area contributed by atoms with Gasteiger partial charge in [-0.05, 0) is 56.4 Å². The zero-order valence-corrected chi connectivity index (χ0v) is 23.9. The summed E-state index contributed by atoms with van der Waals surface area (Å²) in [6.07, 6.45) is 5.56. The topological polar surface area (TPSA) is 106 Å².